The van der Waals surface area contributed by atoms with Crippen molar-refractivity contribution in [3.05, 3.63) is 106 Å². The molecule has 1 aliphatic carbocycles. The van der Waals surface area contributed by atoms with E-state index < -0.39 is 23.5 Å². The molecule has 0 saturated carbocycles. The van der Waals surface area contributed by atoms with Gasteiger partial charge in [0.25, 0.3) is 5.91 Å². The van der Waals surface area contributed by atoms with Gasteiger partial charge in [0.2, 0.25) is 17.7 Å². The molecule has 51 heavy (non-hydrogen) atoms. The molecule has 5 rings (SSSR count). The summed E-state index contributed by atoms with van der Waals surface area (Å²) in [5, 5.41) is 16.0. The van der Waals surface area contributed by atoms with Gasteiger partial charge in [-0.05, 0) is 78.5 Å². The van der Waals surface area contributed by atoms with Crippen LogP contribution < -0.4 is 26.6 Å². The zero-order valence-corrected chi connectivity index (χ0v) is 30.5. The minimum Gasteiger partial charge on any atom is -0.377 e. The third-order valence-electron chi connectivity index (χ3n) is 9.34. The van der Waals surface area contributed by atoms with E-state index in [-0.39, 0.29) is 55.4 Å². The maximum Gasteiger partial charge on any atom is 0.251 e. The van der Waals surface area contributed by atoms with E-state index >= 15 is 0 Å². The number of hydrogen-bond acceptors (Lipinski definition) is 6. The van der Waals surface area contributed by atoms with E-state index in [0.29, 0.717) is 30.0 Å². The molecule has 2 aliphatic rings. The predicted molar refractivity (Wildman–Crippen MR) is 198 cm³/mol. The standard InChI is InChI=1S/C40H50ClN5O5/c1-39(2,3)23-42-35(47)22-34(46-40(25-51-26-40)24-43-36(48)29-17-19-30(41)20-18-29)38(50)45-33(21-16-27-10-5-4-6-11-27)37(49)44-32-15-9-13-28-12-7-8-14-31(28)32/h4-8,10-12,14,17-20,32-34,46H,9,13,15-16,21-26H2,1-3H3,(H,42,47)(H,43,48)(H,44,49)(H,45,50)/t32-,33?,34?/m1/s1. The Morgan fingerprint density at radius 1 is 0.882 bits per heavy atom. The fraction of sp³-hybridized carbons (Fsp3) is 0.450. The van der Waals surface area contributed by atoms with Gasteiger partial charge >= 0.3 is 0 Å². The number of nitrogens with one attached hydrogen (secondary N) is 5. The molecule has 3 aromatic rings. The van der Waals surface area contributed by atoms with Crippen LogP contribution in [0, 0.1) is 5.41 Å². The Morgan fingerprint density at radius 3 is 2.27 bits per heavy atom. The van der Waals surface area contributed by atoms with Gasteiger partial charge in [-0.2, -0.15) is 0 Å². The van der Waals surface area contributed by atoms with Gasteiger partial charge in [-0.3, -0.25) is 24.5 Å². The lowest BCUT2D eigenvalue weighted by Crippen LogP contribution is -2.70. The Kier molecular flexibility index (Phi) is 12.9. The average Bonchev–Trinajstić information content (AvgIpc) is 3.10. The molecule has 4 amide bonds. The molecule has 3 aromatic carbocycles. The van der Waals surface area contributed by atoms with Gasteiger partial charge in [0.15, 0.2) is 0 Å². The minimum atomic E-state index is -1.01. The van der Waals surface area contributed by atoms with Crippen LogP contribution in [0.15, 0.2) is 78.9 Å². The fourth-order valence-corrected chi connectivity index (χ4v) is 6.54. The first-order valence-corrected chi connectivity index (χ1v) is 18.2. The van der Waals surface area contributed by atoms with E-state index in [1.807, 2.05) is 63.2 Å². The minimum absolute atomic E-state index is 0.154. The van der Waals surface area contributed by atoms with Crippen LogP contribution in [0.1, 0.15) is 79.5 Å². The topological polar surface area (TPSA) is 138 Å². The molecule has 3 atom stereocenters. The highest BCUT2D eigenvalue weighted by molar-refractivity contribution is 6.30. The van der Waals surface area contributed by atoms with E-state index in [2.05, 4.69) is 38.7 Å². The van der Waals surface area contributed by atoms with Crippen molar-refractivity contribution in [2.75, 3.05) is 26.3 Å². The molecule has 1 saturated heterocycles. The summed E-state index contributed by atoms with van der Waals surface area (Å²) < 4.78 is 5.56. The van der Waals surface area contributed by atoms with E-state index in [4.69, 9.17) is 16.3 Å². The summed E-state index contributed by atoms with van der Waals surface area (Å²) in [7, 11) is 0. The van der Waals surface area contributed by atoms with Gasteiger partial charge in [0, 0.05) is 23.7 Å². The third kappa shape index (κ3) is 11.1. The largest absolute Gasteiger partial charge is 0.377 e. The molecule has 1 aliphatic heterocycles. The maximum atomic E-state index is 14.2. The summed E-state index contributed by atoms with van der Waals surface area (Å²) in [6.45, 7) is 7.07. The van der Waals surface area contributed by atoms with Gasteiger partial charge in [0.1, 0.15) is 6.04 Å². The second-order valence-corrected chi connectivity index (χ2v) is 15.4. The lowest BCUT2D eigenvalue weighted by Gasteiger charge is -2.44. The van der Waals surface area contributed by atoms with Crippen LogP contribution in [0.4, 0.5) is 0 Å². The number of halogens is 1. The fourth-order valence-electron chi connectivity index (χ4n) is 6.41. The first kappa shape index (κ1) is 38.0. The normalized spacial score (nSPS) is 17.5. The van der Waals surface area contributed by atoms with Crippen LogP contribution in [-0.4, -0.2) is 67.6 Å². The Bertz CT molecular complexity index is 1660. The SMILES string of the molecule is CC(C)(C)CNC(=O)CC(NC1(CNC(=O)c2ccc(Cl)cc2)COC1)C(=O)NC(CCc1ccccc1)C(=O)N[C@@H]1CCCc2ccccc21. The Balaban J connectivity index is 1.33. The number of ether oxygens (including phenoxy) is 1. The van der Waals surface area contributed by atoms with Gasteiger partial charge in [-0.25, -0.2) is 0 Å². The smallest absolute Gasteiger partial charge is 0.251 e. The van der Waals surface area contributed by atoms with E-state index in [1.165, 1.54) is 5.56 Å². The number of carbonyl (C=O) groups is 4. The van der Waals surface area contributed by atoms with Gasteiger partial charge in [-0.1, -0.05) is 87.0 Å². The first-order chi connectivity index (χ1) is 24.4. The zero-order valence-electron chi connectivity index (χ0n) is 29.7. The van der Waals surface area contributed by atoms with Crippen molar-refractivity contribution in [3.8, 4) is 0 Å². The molecule has 1 heterocycles. The van der Waals surface area contributed by atoms with Gasteiger partial charge in [-0.15, -0.1) is 0 Å². The van der Waals surface area contributed by atoms with Crippen molar-refractivity contribution in [1.82, 2.24) is 26.6 Å². The highest BCUT2D eigenvalue weighted by Gasteiger charge is 2.43. The zero-order chi connectivity index (χ0) is 36.4. The molecule has 0 aromatic heterocycles. The molecule has 0 bridgehead atoms. The molecule has 1 fully saturated rings. The molecule has 0 spiro atoms. The molecule has 0 radical (unpaired) electrons. The second-order valence-electron chi connectivity index (χ2n) is 14.9. The van der Waals surface area contributed by atoms with Crippen LogP contribution in [-0.2, 0) is 32.0 Å². The molecular weight excluding hydrogens is 666 g/mol. The number of carbonyl (C=O) groups excluding carboxylic acids is 4. The summed E-state index contributed by atoms with van der Waals surface area (Å²) in [4.78, 5) is 54.5. The molecule has 5 N–H and O–H groups in total. The number of amides is 4. The summed E-state index contributed by atoms with van der Waals surface area (Å²) in [5.41, 5.74) is 2.86. The van der Waals surface area contributed by atoms with Crippen LogP contribution >= 0.6 is 11.6 Å². The summed E-state index contributed by atoms with van der Waals surface area (Å²) in [6.07, 6.45) is 3.50. The lowest BCUT2D eigenvalue weighted by molar-refractivity contribution is -0.135. The van der Waals surface area contributed by atoms with Crippen LogP contribution in [0.25, 0.3) is 0 Å². The lowest BCUT2D eigenvalue weighted by atomic mass is 9.87. The number of benzene rings is 3. The van der Waals surface area contributed by atoms with Crippen LogP contribution in [0.5, 0.6) is 0 Å². The van der Waals surface area contributed by atoms with E-state index in [0.717, 1.165) is 30.4 Å². The highest BCUT2D eigenvalue weighted by Crippen LogP contribution is 2.29. The molecular formula is C40H50ClN5O5. The van der Waals surface area contributed by atoms with E-state index in [9.17, 15) is 19.2 Å². The van der Waals surface area contributed by atoms with Gasteiger partial charge < -0.3 is 26.0 Å². The van der Waals surface area contributed by atoms with E-state index in [1.54, 1.807) is 24.3 Å². The molecule has 11 heteroatoms. The molecule has 10 nitrogen and oxygen atoms in total. The van der Waals surface area contributed by atoms with Gasteiger partial charge in [0.05, 0.1) is 37.3 Å². The van der Waals surface area contributed by atoms with Crippen LogP contribution in [0.2, 0.25) is 5.02 Å². The third-order valence-corrected chi connectivity index (χ3v) is 9.59. The Hall–Kier alpha value is -4.25. The monoisotopic (exact) mass is 715 g/mol. The van der Waals surface area contributed by atoms with Crippen molar-refractivity contribution >= 4 is 35.2 Å². The quantitative estimate of drug-likeness (QED) is 0.155. The Morgan fingerprint density at radius 2 is 1.59 bits per heavy atom. The number of rotatable bonds is 15. The average molecular weight is 716 g/mol. The van der Waals surface area contributed by atoms with Crippen molar-refractivity contribution in [2.45, 2.75) is 83.0 Å². The number of aryl methyl sites for hydroxylation is 2. The van der Waals surface area contributed by atoms with Crippen molar-refractivity contribution in [2.24, 2.45) is 5.41 Å². The van der Waals surface area contributed by atoms with Crippen molar-refractivity contribution < 1.29 is 23.9 Å². The molecule has 2 unspecified atom stereocenters. The Labute approximate surface area is 305 Å². The van der Waals surface area contributed by atoms with Crippen LogP contribution in [0.3, 0.4) is 0 Å². The highest BCUT2D eigenvalue weighted by atomic mass is 35.5. The summed E-state index contributed by atoms with van der Waals surface area (Å²) >= 11 is 5.99. The van der Waals surface area contributed by atoms with Crippen molar-refractivity contribution in [1.29, 1.82) is 0 Å². The van der Waals surface area contributed by atoms with Crippen molar-refractivity contribution in [3.63, 3.8) is 0 Å². The summed E-state index contributed by atoms with van der Waals surface area (Å²) in [5.74, 6) is -1.35. The maximum absolute atomic E-state index is 14.2. The first-order valence-electron chi connectivity index (χ1n) is 17.8. The summed E-state index contributed by atoms with van der Waals surface area (Å²) in [6, 6.07) is 22.5. The predicted octanol–water partition coefficient (Wildman–Crippen LogP) is 4.66. The second kappa shape index (κ2) is 17.3. The molecule has 272 valence electrons. The number of fused-ring (bicyclic) bond motifs is 1. The number of hydrogen-bond donors (Lipinski definition) is 5.